The van der Waals surface area contributed by atoms with E-state index < -0.39 is 22.5 Å². The van der Waals surface area contributed by atoms with Gasteiger partial charge in [-0.1, -0.05) is 60.7 Å². The summed E-state index contributed by atoms with van der Waals surface area (Å²) < 4.78 is 38.4. The van der Waals surface area contributed by atoms with Crippen LogP contribution in [0.3, 0.4) is 0 Å². The molecular formula is C27H25N3O5S. The van der Waals surface area contributed by atoms with Gasteiger partial charge in [0.1, 0.15) is 18.1 Å². The number of amides is 1. The number of hydrazone groups is 1. The molecule has 4 aromatic rings. The number of ether oxygens (including phenoxy) is 1. The third-order valence-electron chi connectivity index (χ3n) is 5.12. The normalized spacial score (nSPS) is 11.6. The molecular weight excluding hydrogens is 478 g/mol. The number of carbonyl (C=O) groups excluding carboxylic acids is 1. The van der Waals surface area contributed by atoms with Gasteiger partial charge in [-0.15, -0.1) is 0 Å². The van der Waals surface area contributed by atoms with Crippen LogP contribution in [0.2, 0.25) is 0 Å². The van der Waals surface area contributed by atoms with Crippen LogP contribution in [0.15, 0.2) is 118 Å². The largest absolute Gasteiger partial charge is 0.489 e. The molecule has 1 heterocycles. The Morgan fingerprint density at radius 1 is 0.944 bits per heavy atom. The molecule has 0 aliphatic rings. The predicted molar refractivity (Wildman–Crippen MR) is 136 cm³/mol. The van der Waals surface area contributed by atoms with E-state index in [0.717, 1.165) is 9.87 Å². The van der Waals surface area contributed by atoms with Crippen molar-refractivity contribution in [3.63, 3.8) is 0 Å². The molecule has 4 rings (SSSR count). The van der Waals surface area contributed by atoms with Crippen molar-refractivity contribution >= 4 is 22.1 Å². The van der Waals surface area contributed by atoms with Crippen LogP contribution in [-0.2, 0) is 28.0 Å². The second-order valence-electron chi connectivity index (χ2n) is 7.81. The van der Waals surface area contributed by atoms with E-state index in [9.17, 15) is 13.2 Å². The van der Waals surface area contributed by atoms with Crippen molar-refractivity contribution < 1.29 is 22.4 Å². The van der Waals surface area contributed by atoms with Crippen LogP contribution in [0.4, 0.5) is 0 Å². The van der Waals surface area contributed by atoms with Crippen molar-refractivity contribution in [1.29, 1.82) is 0 Å². The van der Waals surface area contributed by atoms with E-state index in [2.05, 4.69) is 10.5 Å². The third-order valence-corrected chi connectivity index (χ3v) is 6.93. The Kier molecular flexibility index (Phi) is 8.28. The molecule has 9 heteroatoms. The number of carbonyl (C=O) groups is 1. The van der Waals surface area contributed by atoms with Gasteiger partial charge in [-0.25, -0.2) is 13.8 Å². The second-order valence-corrected chi connectivity index (χ2v) is 9.74. The number of hydrogen-bond donors (Lipinski definition) is 1. The maximum atomic E-state index is 13.1. The molecule has 0 radical (unpaired) electrons. The molecule has 184 valence electrons. The number of sulfonamides is 1. The Labute approximate surface area is 209 Å². The minimum atomic E-state index is -3.94. The first-order valence-electron chi connectivity index (χ1n) is 11.2. The highest BCUT2D eigenvalue weighted by atomic mass is 32.2. The van der Waals surface area contributed by atoms with E-state index in [1.54, 1.807) is 36.4 Å². The quantitative estimate of drug-likeness (QED) is 0.244. The molecule has 1 N–H and O–H groups in total. The summed E-state index contributed by atoms with van der Waals surface area (Å²) in [5.74, 6) is 0.486. The number of nitrogens with one attached hydrogen (secondary N) is 1. The summed E-state index contributed by atoms with van der Waals surface area (Å²) in [4.78, 5) is 12.7. The zero-order valence-electron chi connectivity index (χ0n) is 19.4. The zero-order chi connectivity index (χ0) is 25.2. The Morgan fingerprint density at radius 3 is 2.42 bits per heavy atom. The number of furan rings is 1. The average Bonchev–Trinajstić information content (AvgIpc) is 3.42. The molecule has 36 heavy (non-hydrogen) atoms. The monoisotopic (exact) mass is 503 g/mol. The zero-order valence-corrected chi connectivity index (χ0v) is 20.2. The van der Waals surface area contributed by atoms with Crippen LogP contribution in [0.25, 0.3) is 0 Å². The van der Waals surface area contributed by atoms with Crippen LogP contribution in [0.1, 0.15) is 16.9 Å². The fraction of sp³-hybridized carbons (Fsp3) is 0.111. The molecule has 0 aliphatic heterocycles. The predicted octanol–water partition coefficient (Wildman–Crippen LogP) is 4.20. The Morgan fingerprint density at radius 2 is 1.69 bits per heavy atom. The van der Waals surface area contributed by atoms with E-state index >= 15 is 0 Å². The van der Waals surface area contributed by atoms with Crippen LogP contribution in [0, 0.1) is 0 Å². The lowest BCUT2D eigenvalue weighted by Crippen LogP contribution is -2.38. The van der Waals surface area contributed by atoms with E-state index in [1.807, 2.05) is 48.5 Å². The first-order chi connectivity index (χ1) is 17.5. The summed E-state index contributed by atoms with van der Waals surface area (Å²) >= 11 is 0. The second kappa shape index (κ2) is 12.0. The van der Waals surface area contributed by atoms with E-state index in [4.69, 9.17) is 9.15 Å². The van der Waals surface area contributed by atoms with Gasteiger partial charge in [0.05, 0.1) is 30.5 Å². The number of benzene rings is 3. The fourth-order valence-electron chi connectivity index (χ4n) is 3.34. The SMILES string of the molecule is O=C(CN(Cc1ccco1)S(=O)(=O)c1ccccc1)N/N=C\c1cccc(OCc2ccccc2)c1. The van der Waals surface area contributed by atoms with Gasteiger partial charge in [-0.3, -0.25) is 4.79 Å². The van der Waals surface area contributed by atoms with Crippen molar-refractivity contribution in [2.24, 2.45) is 5.10 Å². The third kappa shape index (κ3) is 6.91. The smallest absolute Gasteiger partial charge is 0.255 e. The molecule has 0 unspecified atom stereocenters. The lowest BCUT2D eigenvalue weighted by atomic mass is 10.2. The molecule has 0 bridgehead atoms. The fourth-order valence-corrected chi connectivity index (χ4v) is 4.73. The van der Waals surface area contributed by atoms with Gasteiger partial charge < -0.3 is 9.15 Å². The highest BCUT2D eigenvalue weighted by molar-refractivity contribution is 7.89. The number of nitrogens with zero attached hydrogens (tertiary/aromatic N) is 2. The van der Waals surface area contributed by atoms with Gasteiger partial charge in [-0.2, -0.15) is 9.41 Å². The average molecular weight is 504 g/mol. The first-order valence-corrected chi connectivity index (χ1v) is 12.6. The van der Waals surface area contributed by atoms with Gasteiger partial charge in [0.2, 0.25) is 10.0 Å². The van der Waals surface area contributed by atoms with Gasteiger partial charge in [0.15, 0.2) is 0 Å². The summed E-state index contributed by atoms with van der Waals surface area (Å²) in [6.45, 7) is -0.1000. The van der Waals surface area contributed by atoms with Crippen molar-refractivity contribution in [3.05, 3.63) is 120 Å². The summed E-state index contributed by atoms with van der Waals surface area (Å²) in [5, 5.41) is 3.98. The van der Waals surface area contributed by atoms with Gasteiger partial charge in [-0.05, 0) is 47.5 Å². The van der Waals surface area contributed by atoms with Crippen molar-refractivity contribution in [2.75, 3.05) is 6.54 Å². The maximum absolute atomic E-state index is 13.1. The summed E-state index contributed by atoms with van der Waals surface area (Å²) in [6.07, 6.45) is 2.92. The molecule has 1 aromatic heterocycles. The van der Waals surface area contributed by atoms with Gasteiger partial charge >= 0.3 is 0 Å². The molecule has 0 saturated heterocycles. The Hall–Kier alpha value is -4.21. The molecule has 0 spiro atoms. The van der Waals surface area contributed by atoms with Crippen molar-refractivity contribution in [2.45, 2.75) is 18.0 Å². The van der Waals surface area contributed by atoms with Gasteiger partial charge in [0, 0.05) is 0 Å². The van der Waals surface area contributed by atoms with Crippen LogP contribution in [0.5, 0.6) is 5.75 Å². The summed E-state index contributed by atoms with van der Waals surface area (Å²) in [6, 6.07) is 28.3. The lowest BCUT2D eigenvalue weighted by Gasteiger charge is -2.20. The van der Waals surface area contributed by atoms with E-state index in [-0.39, 0.29) is 11.4 Å². The van der Waals surface area contributed by atoms with Crippen LogP contribution < -0.4 is 10.2 Å². The van der Waals surface area contributed by atoms with Crippen LogP contribution in [-0.4, -0.2) is 31.4 Å². The number of rotatable bonds is 11. The molecule has 8 nitrogen and oxygen atoms in total. The Bertz CT molecular complexity index is 1390. The lowest BCUT2D eigenvalue weighted by molar-refractivity contribution is -0.121. The molecule has 1 amide bonds. The van der Waals surface area contributed by atoms with Crippen molar-refractivity contribution in [3.8, 4) is 5.75 Å². The first kappa shape index (κ1) is 24.9. The minimum Gasteiger partial charge on any atom is -0.489 e. The van der Waals surface area contributed by atoms with Crippen LogP contribution >= 0.6 is 0 Å². The molecule has 0 atom stereocenters. The van der Waals surface area contributed by atoms with E-state index in [1.165, 1.54) is 24.6 Å². The summed E-state index contributed by atoms with van der Waals surface area (Å²) in [5.41, 5.74) is 4.16. The molecule has 0 fully saturated rings. The maximum Gasteiger partial charge on any atom is 0.255 e. The molecule has 0 saturated carbocycles. The summed E-state index contributed by atoms with van der Waals surface area (Å²) in [7, 11) is -3.94. The van der Waals surface area contributed by atoms with Gasteiger partial charge in [0.25, 0.3) is 5.91 Å². The topological polar surface area (TPSA) is 101 Å². The standard InChI is InChI=1S/C27H25N3O5S/c31-27(20-30(19-25-13-8-16-34-25)36(32,33)26-14-5-2-6-15-26)29-28-18-23-11-7-12-24(17-23)35-21-22-9-3-1-4-10-22/h1-18H,19-21H2,(H,29,31)/b28-18-. The minimum absolute atomic E-state index is 0.0835. The highest BCUT2D eigenvalue weighted by Crippen LogP contribution is 2.18. The molecule has 3 aromatic carbocycles. The van der Waals surface area contributed by atoms with E-state index in [0.29, 0.717) is 23.7 Å². The molecule has 0 aliphatic carbocycles. The number of hydrogen-bond acceptors (Lipinski definition) is 6. The highest BCUT2D eigenvalue weighted by Gasteiger charge is 2.27. The van der Waals surface area contributed by atoms with Crippen molar-refractivity contribution in [1.82, 2.24) is 9.73 Å². The Balaban J connectivity index is 1.38.